The van der Waals surface area contributed by atoms with Gasteiger partial charge in [-0.3, -0.25) is 0 Å². The molecule has 0 fully saturated rings. The van der Waals surface area contributed by atoms with Gasteiger partial charge in [-0.1, -0.05) is 42.1 Å². The van der Waals surface area contributed by atoms with E-state index in [-0.39, 0.29) is 0 Å². The maximum atomic E-state index is 4.75. The lowest BCUT2D eigenvalue weighted by Gasteiger charge is -2.08. The highest BCUT2D eigenvalue weighted by molar-refractivity contribution is 7.98. The predicted molar refractivity (Wildman–Crippen MR) is 105 cm³/mol. The Hall–Kier alpha value is -2.60. The van der Waals surface area contributed by atoms with Gasteiger partial charge in [-0.15, -0.1) is 10.2 Å². The summed E-state index contributed by atoms with van der Waals surface area (Å²) in [5, 5.41) is 9.82. The van der Waals surface area contributed by atoms with Crippen LogP contribution in [0.1, 0.15) is 23.7 Å². The van der Waals surface area contributed by atoms with E-state index in [1.807, 2.05) is 24.4 Å². The van der Waals surface area contributed by atoms with Crippen LogP contribution in [-0.2, 0) is 12.3 Å². The highest BCUT2D eigenvalue weighted by Gasteiger charge is 2.15. The molecule has 0 N–H and O–H groups in total. The van der Waals surface area contributed by atoms with Gasteiger partial charge in [0, 0.05) is 30.3 Å². The zero-order valence-electron chi connectivity index (χ0n) is 15.2. The quantitative estimate of drug-likeness (QED) is 0.489. The van der Waals surface area contributed by atoms with Crippen LogP contribution in [-0.4, -0.2) is 24.1 Å². The van der Waals surface area contributed by atoms with Gasteiger partial charge in [0.05, 0.1) is 5.69 Å². The zero-order chi connectivity index (χ0) is 18.1. The minimum absolute atomic E-state index is 0.771. The molecule has 0 atom stereocenters. The first-order valence-corrected chi connectivity index (χ1v) is 9.71. The Bertz CT molecular complexity index is 1060. The van der Waals surface area contributed by atoms with Crippen molar-refractivity contribution < 1.29 is 0 Å². The van der Waals surface area contributed by atoms with Crippen molar-refractivity contribution >= 4 is 17.4 Å². The Morgan fingerprint density at radius 2 is 1.81 bits per heavy atom. The summed E-state index contributed by atoms with van der Waals surface area (Å²) in [5.74, 6) is 1.70. The molecule has 3 aromatic heterocycles. The topological polar surface area (TPSA) is 48.0 Å². The van der Waals surface area contributed by atoms with Crippen molar-refractivity contribution in [2.75, 3.05) is 0 Å². The molecule has 0 radical (unpaired) electrons. The van der Waals surface area contributed by atoms with Gasteiger partial charge in [0.1, 0.15) is 5.65 Å². The lowest BCUT2D eigenvalue weighted by Crippen LogP contribution is -2.00. The van der Waals surface area contributed by atoms with E-state index in [0.717, 1.165) is 40.2 Å². The summed E-state index contributed by atoms with van der Waals surface area (Å²) in [6.07, 6.45) is 4.12. The van der Waals surface area contributed by atoms with E-state index in [1.54, 1.807) is 11.8 Å². The predicted octanol–water partition coefficient (Wildman–Crippen LogP) is 4.52. The maximum absolute atomic E-state index is 4.75. The molecule has 0 aliphatic carbocycles. The molecule has 1 aromatic carbocycles. The summed E-state index contributed by atoms with van der Waals surface area (Å²) >= 11 is 1.68. The largest absolute Gasteiger partial charge is 0.307 e. The average molecular weight is 363 g/mol. The molecule has 4 rings (SSSR count). The van der Waals surface area contributed by atoms with E-state index in [2.05, 4.69) is 64.3 Å². The summed E-state index contributed by atoms with van der Waals surface area (Å²) in [4.78, 5) is 4.75. The van der Waals surface area contributed by atoms with Crippen molar-refractivity contribution in [2.45, 2.75) is 38.2 Å². The number of hydrogen-bond donors (Lipinski definition) is 0. The van der Waals surface area contributed by atoms with E-state index in [0.29, 0.717) is 0 Å². The molecule has 5 nitrogen and oxygen atoms in total. The van der Waals surface area contributed by atoms with Gasteiger partial charge in [0.15, 0.2) is 11.0 Å². The highest BCUT2D eigenvalue weighted by atomic mass is 32.2. The number of rotatable bonds is 5. The van der Waals surface area contributed by atoms with E-state index < -0.39 is 0 Å². The third-order valence-corrected chi connectivity index (χ3v) is 5.50. The van der Waals surface area contributed by atoms with Gasteiger partial charge in [0.25, 0.3) is 0 Å². The number of imidazole rings is 1. The van der Waals surface area contributed by atoms with E-state index >= 15 is 0 Å². The van der Waals surface area contributed by atoms with Gasteiger partial charge in [-0.2, -0.15) is 0 Å². The molecule has 0 bridgehead atoms. The first kappa shape index (κ1) is 16.8. The Morgan fingerprint density at radius 3 is 2.58 bits per heavy atom. The number of hydrogen-bond acceptors (Lipinski definition) is 4. The summed E-state index contributed by atoms with van der Waals surface area (Å²) in [6.45, 7) is 7.16. The van der Waals surface area contributed by atoms with Crippen LogP contribution in [0.2, 0.25) is 0 Å². The molecule has 0 saturated heterocycles. The third-order valence-electron chi connectivity index (χ3n) is 4.50. The molecule has 132 valence electrons. The summed E-state index contributed by atoms with van der Waals surface area (Å²) < 4.78 is 4.25. The maximum Gasteiger partial charge on any atom is 0.191 e. The Kier molecular flexibility index (Phi) is 4.51. The van der Waals surface area contributed by atoms with Gasteiger partial charge < -0.3 is 8.97 Å². The van der Waals surface area contributed by atoms with Gasteiger partial charge in [0.2, 0.25) is 0 Å². The van der Waals surface area contributed by atoms with Crippen molar-refractivity contribution in [3.63, 3.8) is 0 Å². The lowest BCUT2D eigenvalue weighted by molar-refractivity contribution is 0.687. The van der Waals surface area contributed by atoms with Crippen LogP contribution in [0.25, 0.3) is 17.0 Å². The second-order valence-electron chi connectivity index (χ2n) is 6.31. The minimum atomic E-state index is 0.771. The number of thioether (sulfide) groups is 1. The fourth-order valence-corrected chi connectivity index (χ4v) is 4.00. The average Bonchev–Trinajstić information content (AvgIpc) is 3.24. The fourth-order valence-electron chi connectivity index (χ4n) is 3.12. The normalized spacial score (nSPS) is 11.3. The fraction of sp³-hybridized carbons (Fsp3) is 0.250. The van der Waals surface area contributed by atoms with E-state index in [4.69, 9.17) is 4.98 Å². The summed E-state index contributed by atoms with van der Waals surface area (Å²) in [7, 11) is 0. The van der Waals surface area contributed by atoms with E-state index in [1.165, 1.54) is 11.1 Å². The lowest BCUT2D eigenvalue weighted by atomic mass is 10.1. The molecule has 3 heterocycles. The SMILES string of the molecule is CCn1c(SCc2cn3cccc(C)c3n2)nnc1-c1ccccc1C. The molecular weight excluding hydrogens is 342 g/mol. The molecule has 0 aliphatic rings. The van der Waals surface area contributed by atoms with Crippen molar-refractivity contribution in [1.29, 1.82) is 0 Å². The van der Waals surface area contributed by atoms with Crippen LogP contribution >= 0.6 is 11.8 Å². The second kappa shape index (κ2) is 6.96. The van der Waals surface area contributed by atoms with Gasteiger partial charge >= 0.3 is 0 Å². The zero-order valence-corrected chi connectivity index (χ0v) is 16.0. The standard InChI is InChI=1S/C20H21N5S/c1-4-25-19(17-10-6-5-8-14(17)2)22-23-20(25)26-13-16-12-24-11-7-9-15(3)18(24)21-16/h5-12H,4,13H2,1-3H3. The first-order chi connectivity index (χ1) is 12.7. The molecule has 0 aliphatic heterocycles. The molecule has 26 heavy (non-hydrogen) atoms. The third kappa shape index (κ3) is 3.01. The van der Waals surface area contributed by atoms with Crippen LogP contribution in [0.4, 0.5) is 0 Å². The number of fused-ring (bicyclic) bond motifs is 1. The molecule has 0 amide bonds. The van der Waals surface area contributed by atoms with E-state index in [9.17, 15) is 0 Å². The molecule has 6 heteroatoms. The Balaban J connectivity index is 1.60. The summed E-state index contributed by atoms with van der Waals surface area (Å²) in [6, 6.07) is 12.4. The molecule has 4 aromatic rings. The molecule has 0 unspecified atom stereocenters. The molecular formula is C20H21N5S. The van der Waals surface area contributed by atoms with Crippen molar-refractivity contribution in [3.8, 4) is 11.4 Å². The first-order valence-electron chi connectivity index (χ1n) is 8.72. The number of nitrogens with zero attached hydrogens (tertiary/aromatic N) is 5. The highest BCUT2D eigenvalue weighted by Crippen LogP contribution is 2.28. The molecule has 0 spiro atoms. The number of aryl methyl sites for hydroxylation is 2. The number of aromatic nitrogens is 5. The minimum Gasteiger partial charge on any atom is -0.307 e. The van der Waals surface area contributed by atoms with Crippen LogP contribution in [0.15, 0.2) is 53.9 Å². The van der Waals surface area contributed by atoms with Gasteiger partial charge in [-0.25, -0.2) is 4.98 Å². The van der Waals surface area contributed by atoms with Crippen LogP contribution in [0.3, 0.4) is 0 Å². The van der Waals surface area contributed by atoms with Crippen molar-refractivity contribution in [1.82, 2.24) is 24.1 Å². The van der Waals surface area contributed by atoms with Crippen LogP contribution in [0, 0.1) is 13.8 Å². The number of benzene rings is 1. The smallest absolute Gasteiger partial charge is 0.191 e. The summed E-state index contributed by atoms with van der Waals surface area (Å²) in [5.41, 5.74) is 5.59. The van der Waals surface area contributed by atoms with Crippen molar-refractivity contribution in [3.05, 3.63) is 65.6 Å². The Morgan fingerprint density at radius 1 is 1.00 bits per heavy atom. The van der Waals surface area contributed by atoms with Gasteiger partial charge in [-0.05, 0) is 38.0 Å². The number of pyridine rings is 1. The molecule has 0 saturated carbocycles. The van der Waals surface area contributed by atoms with Crippen molar-refractivity contribution in [2.24, 2.45) is 0 Å². The van der Waals surface area contributed by atoms with Crippen LogP contribution < -0.4 is 0 Å². The Labute approximate surface area is 157 Å². The second-order valence-corrected chi connectivity index (χ2v) is 7.25. The monoisotopic (exact) mass is 363 g/mol. The van der Waals surface area contributed by atoms with Crippen LogP contribution in [0.5, 0.6) is 0 Å².